The summed E-state index contributed by atoms with van der Waals surface area (Å²) >= 11 is 0. The van der Waals surface area contributed by atoms with Gasteiger partial charge in [-0.2, -0.15) is 0 Å². The van der Waals surface area contributed by atoms with Crippen LogP contribution < -0.4 is 22.2 Å². The highest BCUT2D eigenvalue weighted by molar-refractivity contribution is 5.80. The van der Waals surface area contributed by atoms with Gasteiger partial charge in [0, 0.05) is 0 Å². The number of benzene rings is 2. The summed E-state index contributed by atoms with van der Waals surface area (Å²) in [5.41, 5.74) is 19.2. The molecule has 0 aliphatic heterocycles. The molecule has 5 nitrogen and oxygen atoms in total. The lowest BCUT2D eigenvalue weighted by atomic mass is 10.1. The number of hydrogen-bond acceptors (Lipinski definition) is 1. The van der Waals surface area contributed by atoms with Gasteiger partial charge in [-0.05, 0) is 23.3 Å². The predicted molar refractivity (Wildman–Crippen MR) is 77.5 cm³/mol. The summed E-state index contributed by atoms with van der Waals surface area (Å²) in [6.45, 7) is 0. The number of nitrogens with one attached hydrogen (secondary N) is 1. The van der Waals surface area contributed by atoms with E-state index >= 15 is 0 Å². The van der Waals surface area contributed by atoms with Crippen LogP contribution in [0.1, 0.15) is 0 Å². The molecule has 0 aromatic heterocycles. The zero-order valence-corrected chi connectivity index (χ0v) is 10.4. The van der Waals surface area contributed by atoms with Gasteiger partial charge in [-0.1, -0.05) is 42.5 Å². The Labute approximate surface area is 111 Å². The average molecular weight is 254 g/mol. The van der Waals surface area contributed by atoms with Crippen LogP contribution in [0.25, 0.3) is 11.1 Å². The lowest BCUT2D eigenvalue weighted by Crippen LogP contribution is -2.84. The van der Waals surface area contributed by atoms with E-state index in [0.29, 0.717) is 0 Å². The van der Waals surface area contributed by atoms with Gasteiger partial charge >= 0.3 is 5.96 Å². The molecule has 0 spiro atoms. The molecule has 0 saturated heterocycles. The number of nitrogens with zero attached hydrogens (tertiary/aromatic N) is 1. The first-order valence-electron chi connectivity index (χ1n) is 5.80. The van der Waals surface area contributed by atoms with Gasteiger partial charge < -0.3 is 17.2 Å². The highest BCUT2D eigenvalue weighted by Crippen LogP contribution is 2.21. The molecule has 0 heterocycles. The van der Waals surface area contributed by atoms with Crippen molar-refractivity contribution in [3.63, 3.8) is 0 Å². The van der Waals surface area contributed by atoms with E-state index in [-0.39, 0.29) is 11.9 Å². The Morgan fingerprint density at radius 3 is 1.95 bits per heavy atom. The zero-order chi connectivity index (χ0) is 13.7. The maximum absolute atomic E-state index is 5.61. The van der Waals surface area contributed by atoms with Crippen molar-refractivity contribution in [3.05, 3.63) is 54.6 Å². The van der Waals surface area contributed by atoms with Gasteiger partial charge in [-0.25, -0.2) is 4.99 Å². The normalized spacial score (nSPS) is 11.1. The van der Waals surface area contributed by atoms with Gasteiger partial charge in [0.2, 0.25) is 0 Å². The Kier molecular flexibility index (Phi) is 3.78. The van der Waals surface area contributed by atoms with Crippen molar-refractivity contribution in [2.24, 2.45) is 22.2 Å². The third-order valence-corrected chi connectivity index (χ3v) is 2.50. The third kappa shape index (κ3) is 3.57. The van der Waals surface area contributed by atoms with E-state index in [4.69, 9.17) is 17.2 Å². The molecule has 2 aromatic rings. The minimum atomic E-state index is 0.0159. The van der Waals surface area contributed by atoms with Crippen LogP contribution in [0, 0.1) is 0 Å². The molecule has 2 aromatic carbocycles. The summed E-state index contributed by atoms with van der Waals surface area (Å²) in [6, 6.07) is 17.8. The van der Waals surface area contributed by atoms with E-state index in [1.165, 1.54) is 0 Å². The standard InChI is InChI=1S/C14H15N5/c15-13(16)19-14(17)18-12-8-6-11(7-9-12)10-4-2-1-3-5-10/h1-9H,(H6,15,16,17,18,19)/p+1. The number of rotatable bonds is 2. The predicted octanol–water partition coefficient (Wildman–Crippen LogP) is -0.346. The highest BCUT2D eigenvalue weighted by Gasteiger charge is 1.99. The Bertz CT molecular complexity index is 595. The summed E-state index contributed by atoms with van der Waals surface area (Å²) in [5.74, 6) is 0.176. The minimum Gasteiger partial charge on any atom is -0.323 e. The van der Waals surface area contributed by atoms with Crippen molar-refractivity contribution in [1.29, 1.82) is 0 Å². The van der Waals surface area contributed by atoms with Gasteiger partial charge in [-0.15, -0.1) is 4.99 Å². The number of hydrogen-bond donors (Lipinski definition) is 4. The molecule has 0 amide bonds. The Morgan fingerprint density at radius 1 is 0.789 bits per heavy atom. The van der Waals surface area contributed by atoms with Crippen molar-refractivity contribution in [1.82, 2.24) is 0 Å². The molecule has 0 bridgehead atoms. The van der Waals surface area contributed by atoms with Gasteiger partial charge in [-0.3, -0.25) is 0 Å². The molecule has 96 valence electrons. The van der Waals surface area contributed by atoms with Crippen molar-refractivity contribution in [2.45, 2.75) is 0 Å². The van der Waals surface area contributed by atoms with Crippen LogP contribution in [-0.4, -0.2) is 11.9 Å². The second kappa shape index (κ2) is 5.68. The third-order valence-electron chi connectivity index (χ3n) is 2.50. The summed E-state index contributed by atoms with van der Waals surface area (Å²) in [6.07, 6.45) is 0. The van der Waals surface area contributed by atoms with Crippen LogP contribution in [-0.2, 0) is 0 Å². The summed E-state index contributed by atoms with van der Waals surface area (Å²) in [7, 11) is 0. The Morgan fingerprint density at radius 2 is 1.37 bits per heavy atom. The monoisotopic (exact) mass is 254 g/mol. The molecule has 0 aliphatic rings. The van der Waals surface area contributed by atoms with Crippen LogP contribution in [0.2, 0.25) is 0 Å². The van der Waals surface area contributed by atoms with Gasteiger partial charge in [0.15, 0.2) is 0 Å². The van der Waals surface area contributed by atoms with Gasteiger partial charge in [0.1, 0.15) is 5.69 Å². The molecular weight excluding hydrogens is 238 g/mol. The fraction of sp³-hybridized carbons (Fsp3) is 0. The largest absolute Gasteiger partial charge is 0.323 e. The van der Waals surface area contributed by atoms with E-state index in [1.54, 1.807) is 0 Å². The molecule has 2 rings (SSSR count). The molecule has 0 radical (unpaired) electrons. The second-order valence-corrected chi connectivity index (χ2v) is 3.99. The molecule has 0 aliphatic carbocycles. The van der Waals surface area contributed by atoms with Crippen molar-refractivity contribution in [2.75, 3.05) is 0 Å². The van der Waals surface area contributed by atoms with Crippen LogP contribution in [0.5, 0.6) is 0 Å². The maximum Gasteiger partial charge on any atom is 0.316 e. The molecule has 0 fully saturated rings. The molecule has 7 N–H and O–H groups in total. The first kappa shape index (κ1) is 12.6. The quantitative estimate of drug-likeness (QED) is 0.435. The Balaban J connectivity index is 2.22. The summed E-state index contributed by atoms with van der Waals surface area (Å²) in [5, 5.41) is 0. The minimum absolute atomic E-state index is 0.0159. The lowest BCUT2D eigenvalue weighted by Gasteiger charge is -2.00. The second-order valence-electron chi connectivity index (χ2n) is 3.99. The van der Waals surface area contributed by atoms with Crippen LogP contribution in [0.3, 0.4) is 0 Å². The van der Waals surface area contributed by atoms with Crippen molar-refractivity contribution in [3.8, 4) is 11.1 Å². The van der Waals surface area contributed by atoms with Crippen LogP contribution >= 0.6 is 0 Å². The highest BCUT2D eigenvalue weighted by atomic mass is 15.1. The maximum atomic E-state index is 5.61. The van der Waals surface area contributed by atoms with Gasteiger partial charge in [0.25, 0.3) is 5.96 Å². The van der Waals surface area contributed by atoms with Gasteiger partial charge in [0.05, 0.1) is 0 Å². The molecule has 0 saturated carbocycles. The van der Waals surface area contributed by atoms with Crippen LogP contribution in [0.15, 0.2) is 59.6 Å². The smallest absolute Gasteiger partial charge is 0.316 e. The summed E-state index contributed by atoms with van der Waals surface area (Å²) < 4.78 is 0. The van der Waals surface area contributed by atoms with E-state index in [9.17, 15) is 0 Å². The van der Waals surface area contributed by atoms with E-state index in [2.05, 4.69) is 22.1 Å². The van der Waals surface area contributed by atoms with Crippen molar-refractivity contribution < 1.29 is 4.99 Å². The Hall–Kier alpha value is -2.82. The number of nitrogens with two attached hydrogens (primary N) is 3. The molecule has 19 heavy (non-hydrogen) atoms. The topological polar surface area (TPSA) is 104 Å². The molecule has 5 heteroatoms. The first-order valence-corrected chi connectivity index (χ1v) is 5.80. The fourth-order valence-corrected chi connectivity index (χ4v) is 1.67. The lowest BCUT2D eigenvalue weighted by molar-refractivity contribution is -0.320. The number of aliphatic imine (C=N–C) groups is 1. The summed E-state index contributed by atoms with van der Waals surface area (Å²) in [4.78, 5) is 6.67. The zero-order valence-electron chi connectivity index (χ0n) is 10.4. The molecule has 0 unspecified atom stereocenters. The average Bonchev–Trinajstić information content (AvgIpc) is 2.39. The molecular formula is C14H16N5+. The van der Waals surface area contributed by atoms with E-state index in [1.807, 2.05) is 42.5 Å². The van der Waals surface area contributed by atoms with E-state index in [0.717, 1.165) is 16.8 Å². The fourth-order valence-electron chi connectivity index (χ4n) is 1.67. The number of guanidine groups is 2. The first-order chi connectivity index (χ1) is 9.15. The van der Waals surface area contributed by atoms with Crippen LogP contribution in [0.4, 0.5) is 5.69 Å². The molecule has 0 atom stereocenters. The van der Waals surface area contributed by atoms with Crippen molar-refractivity contribution >= 4 is 17.6 Å². The van der Waals surface area contributed by atoms with E-state index < -0.39 is 0 Å². The SMILES string of the molecule is NC(=Nc1ccc(-c2ccccc2)cc1)[NH+]=C(N)N.